The van der Waals surface area contributed by atoms with Gasteiger partial charge in [-0.1, -0.05) is 25.2 Å². The van der Waals surface area contributed by atoms with Crippen LogP contribution < -0.4 is 0 Å². The van der Waals surface area contributed by atoms with E-state index in [1.54, 1.807) is 0 Å². The maximum atomic E-state index is 10.2. The number of allylic oxidation sites excluding steroid dienone is 2. The average Bonchev–Trinajstić information content (AvgIpc) is 2.19. The van der Waals surface area contributed by atoms with E-state index in [1.165, 1.54) is 12.8 Å². The van der Waals surface area contributed by atoms with Gasteiger partial charge in [-0.05, 0) is 37.5 Å². The van der Waals surface area contributed by atoms with Gasteiger partial charge in [-0.2, -0.15) is 0 Å². The molecule has 2 bridgehead atoms. The van der Waals surface area contributed by atoms with Gasteiger partial charge in [0.05, 0.1) is 6.10 Å². The van der Waals surface area contributed by atoms with Crippen molar-refractivity contribution in [2.45, 2.75) is 38.7 Å². The summed E-state index contributed by atoms with van der Waals surface area (Å²) in [5.74, 6) is 1.30. The summed E-state index contributed by atoms with van der Waals surface area (Å²) in [5, 5.41) is 10.2. The molecule has 3 aliphatic rings. The van der Waals surface area contributed by atoms with Crippen LogP contribution in [0.4, 0.5) is 0 Å². The molecule has 1 saturated carbocycles. The molecule has 1 heteroatoms. The van der Waals surface area contributed by atoms with E-state index in [4.69, 9.17) is 0 Å². The Balaban J connectivity index is 2.16. The molecule has 1 nitrogen and oxygen atoms in total. The van der Waals surface area contributed by atoms with Crippen molar-refractivity contribution in [2.75, 3.05) is 0 Å². The lowest BCUT2D eigenvalue weighted by atomic mass is 9.57. The van der Waals surface area contributed by atoms with Crippen molar-refractivity contribution >= 4 is 0 Å². The Bertz CT molecular complexity index is 256. The van der Waals surface area contributed by atoms with Crippen molar-refractivity contribution < 1.29 is 5.11 Å². The van der Waals surface area contributed by atoms with Gasteiger partial charge in [-0.15, -0.1) is 6.58 Å². The monoisotopic (exact) mass is 192 g/mol. The molecule has 0 aromatic rings. The first-order valence-corrected chi connectivity index (χ1v) is 5.64. The van der Waals surface area contributed by atoms with Crippen LogP contribution in [0.5, 0.6) is 0 Å². The fourth-order valence-corrected chi connectivity index (χ4v) is 3.12. The maximum Gasteiger partial charge on any atom is 0.0633 e. The highest BCUT2D eigenvalue weighted by atomic mass is 16.3. The highest BCUT2D eigenvalue weighted by molar-refractivity contribution is 5.12. The molecule has 0 heterocycles. The van der Waals surface area contributed by atoms with Crippen LogP contribution in [-0.4, -0.2) is 11.2 Å². The molecule has 1 unspecified atom stereocenters. The summed E-state index contributed by atoms with van der Waals surface area (Å²) < 4.78 is 0. The van der Waals surface area contributed by atoms with Gasteiger partial charge < -0.3 is 5.11 Å². The Hall–Kier alpha value is -0.560. The standard InChI is InChI=1S/C13H20O/c1-3-4-12(14)13(2)9-10-5-7-11(13)8-6-10/h3,5,7,10-12,14H,1,4,6,8-9H2,2H3/t10-,11+,12?,13-/m1/s1. The number of aliphatic hydroxyl groups excluding tert-OH is 1. The zero-order chi connectivity index (χ0) is 10.2. The molecule has 0 aromatic carbocycles. The number of rotatable bonds is 3. The minimum atomic E-state index is -0.210. The Labute approximate surface area is 86.5 Å². The molecule has 0 radical (unpaired) electrons. The van der Waals surface area contributed by atoms with Crippen LogP contribution in [0.3, 0.4) is 0 Å². The first-order valence-electron chi connectivity index (χ1n) is 5.64. The average molecular weight is 192 g/mol. The molecule has 0 amide bonds. The molecule has 4 atom stereocenters. The smallest absolute Gasteiger partial charge is 0.0633 e. The summed E-state index contributed by atoms with van der Waals surface area (Å²) in [6.45, 7) is 5.95. The predicted octanol–water partition coefficient (Wildman–Crippen LogP) is 2.92. The van der Waals surface area contributed by atoms with Gasteiger partial charge in [-0.3, -0.25) is 0 Å². The van der Waals surface area contributed by atoms with Gasteiger partial charge >= 0.3 is 0 Å². The van der Waals surface area contributed by atoms with Crippen LogP contribution in [-0.2, 0) is 0 Å². The van der Waals surface area contributed by atoms with Gasteiger partial charge in [-0.25, -0.2) is 0 Å². The lowest BCUT2D eigenvalue weighted by Crippen LogP contribution is -2.45. The van der Waals surface area contributed by atoms with E-state index in [2.05, 4.69) is 25.7 Å². The SMILES string of the molecule is C=CCC(O)[C@]1(C)C[C@@H]2C=C[C@H]1CC2. The zero-order valence-electron chi connectivity index (χ0n) is 8.95. The van der Waals surface area contributed by atoms with Crippen LogP contribution in [0.2, 0.25) is 0 Å². The first-order chi connectivity index (χ1) is 6.66. The van der Waals surface area contributed by atoms with Gasteiger partial charge in [0, 0.05) is 5.41 Å². The fourth-order valence-electron chi connectivity index (χ4n) is 3.12. The molecule has 3 rings (SSSR count). The second-order valence-electron chi connectivity index (χ2n) is 5.08. The van der Waals surface area contributed by atoms with Crippen LogP contribution in [0.25, 0.3) is 0 Å². The molecule has 3 aliphatic carbocycles. The van der Waals surface area contributed by atoms with E-state index in [0.717, 1.165) is 12.8 Å². The number of hydrogen-bond donors (Lipinski definition) is 1. The molecule has 14 heavy (non-hydrogen) atoms. The molecule has 1 fully saturated rings. The quantitative estimate of drug-likeness (QED) is 0.682. The third-order valence-corrected chi connectivity index (χ3v) is 4.16. The van der Waals surface area contributed by atoms with E-state index in [0.29, 0.717) is 11.8 Å². The lowest BCUT2D eigenvalue weighted by Gasteiger charge is -2.49. The van der Waals surface area contributed by atoms with E-state index in [9.17, 15) is 5.11 Å². The van der Waals surface area contributed by atoms with Crippen molar-refractivity contribution in [3.63, 3.8) is 0 Å². The topological polar surface area (TPSA) is 20.2 Å². The number of hydrogen-bond acceptors (Lipinski definition) is 1. The van der Waals surface area contributed by atoms with Crippen LogP contribution in [0.15, 0.2) is 24.8 Å². The highest BCUT2D eigenvalue weighted by Gasteiger charge is 2.45. The van der Waals surface area contributed by atoms with E-state index in [-0.39, 0.29) is 11.5 Å². The largest absolute Gasteiger partial charge is 0.392 e. The Kier molecular flexibility index (Phi) is 2.52. The minimum Gasteiger partial charge on any atom is -0.392 e. The summed E-state index contributed by atoms with van der Waals surface area (Å²) in [6, 6.07) is 0. The summed E-state index contributed by atoms with van der Waals surface area (Å²) >= 11 is 0. The molecular weight excluding hydrogens is 172 g/mol. The zero-order valence-corrected chi connectivity index (χ0v) is 8.95. The minimum absolute atomic E-state index is 0.103. The van der Waals surface area contributed by atoms with Crippen molar-refractivity contribution in [3.8, 4) is 0 Å². The van der Waals surface area contributed by atoms with Crippen molar-refractivity contribution in [2.24, 2.45) is 17.3 Å². The van der Waals surface area contributed by atoms with Crippen LogP contribution in [0, 0.1) is 17.3 Å². The van der Waals surface area contributed by atoms with Crippen LogP contribution in [0.1, 0.15) is 32.6 Å². The van der Waals surface area contributed by atoms with Crippen LogP contribution >= 0.6 is 0 Å². The molecule has 0 aromatic heterocycles. The van der Waals surface area contributed by atoms with E-state index in [1.807, 2.05) is 6.08 Å². The van der Waals surface area contributed by atoms with E-state index >= 15 is 0 Å². The van der Waals surface area contributed by atoms with Crippen molar-refractivity contribution in [3.05, 3.63) is 24.8 Å². The maximum absolute atomic E-state index is 10.2. The highest BCUT2D eigenvalue weighted by Crippen LogP contribution is 2.51. The molecule has 1 N–H and O–H groups in total. The summed E-state index contributed by atoms with van der Waals surface area (Å²) in [4.78, 5) is 0. The third kappa shape index (κ3) is 1.44. The third-order valence-electron chi connectivity index (χ3n) is 4.16. The normalized spacial score (nSPS) is 42.4. The molecule has 0 aliphatic heterocycles. The summed E-state index contributed by atoms with van der Waals surface area (Å²) in [6.07, 6.45) is 10.8. The molecule has 0 saturated heterocycles. The van der Waals surface area contributed by atoms with E-state index < -0.39 is 0 Å². The summed E-state index contributed by atoms with van der Waals surface area (Å²) in [7, 11) is 0. The summed E-state index contributed by atoms with van der Waals surface area (Å²) in [5.41, 5.74) is 0.103. The Morgan fingerprint density at radius 2 is 2.36 bits per heavy atom. The number of fused-ring (bicyclic) bond motifs is 2. The van der Waals surface area contributed by atoms with Gasteiger partial charge in [0.25, 0.3) is 0 Å². The van der Waals surface area contributed by atoms with Gasteiger partial charge in [0.15, 0.2) is 0 Å². The predicted molar refractivity (Wildman–Crippen MR) is 58.9 cm³/mol. The molecule has 0 spiro atoms. The van der Waals surface area contributed by atoms with Gasteiger partial charge in [0.1, 0.15) is 0 Å². The second kappa shape index (κ2) is 3.54. The first kappa shape index (κ1) is 9.97. The van der Waals surface area contributed by atoms with Gasteiger partial charge in [0.2, 0.25) is 0 Å². The fraction of sp³-hybridized carbons (Fsp3) is 0.692. The second-order valence-corrected chi connectivity index (χ2v) is 5.08. The Morgan fingerprint density at radius 1 is 1.57 bits per heavy atom. The van der Waals surface area contributed by atoms with Crippen molar-refractivity contribution in [1.82, 2.24) is 0 Å². The number of aliphatic hydroxyl groups is 1. The lowest BCUT2D eigenvalue weighted by molar-refractivity contribution is -0.0326. The van der Waals surface area contributed by atoms with Crippen molar-refractivity contribution in [1.29, 1.82) is 0 Å². The Morgan fingerprint density at radius 3 is 2.79 bits per heavy atom. The molecular formula is C13H20O. The molecule has 78 valence electrons.